The molecule has 0 aromatic carbocycles. The van der Waals surface area contributed by atoms with E-state index in [1.807, 2.05) is 18.5 Å². The molecular weight excluding hydrogens is 170 g/mol. The van der Waals surface area contributed by atoms with Crippen LogP contribution in [-0.2, 0) is 0 Å². The molecule has 0 spiro atoms. The quantitative estimate of drug-likeness (QED) is 0.625. The van der Waals surface area contributed by atoms with E-state index in [0.29, 0.717) is 5.92 Å². The van der Waals surface area contributed by atoms with E-state index in [4.69, 9.17) is 0 Å². The van der Waals surface area contributed by atoms with Gasteiger partial charge < -0.3 is 0 Å². The molecule has 1 heterocycles. The maximum Gasteiger partial charge on any atom is 0.0353 e. The summed E-state index contributed by atoms with van der Waals surface area (Å²) in [6.45, 7) is 5.99. The first-order valence-electron chi connectivity index (χ1n) is 5.04. The molecule has 1 aliphatic carbocycles. The molecule has 1 atom stereocenters. The molecule has 2 rings (SSSR count). The highest BCUT2D eigenvalue weighted by Gasteiger charge is 2.15. The highest BCUT2D eigenvalue weighted by Crippen LogP contribution is 2.29. The van der Waals surface area contributed by atoms with Crippen molar-refractivity contribution in [3.8, 4) is 0 Å². The van der Waals surface area contributed by atoms with Gasteiger partial charge in [-0.25, -0.2) is 0 Å². The van der Waals surface area contributed by atoms with Gasteiger partial charge in [0.1, 0.15) is 0 Å². The van der Waals surface area contributed by atoms with Crippen LogP contribution in [0.15, 0.2) is 52.7 Å². The number of hydrogen-bond donors (Lipinski definition) is 0. The van der Waals surface area contributed by atoms with Crippen LogP contribution >= 0.6 is 0 Å². The minimum atomic E-state index is 0.441. The van der Waals surface area contributed by atoms with Crippen molar-refractivity contribution in [2.45, 2.75) is 19.8 Å². The molecule has 0 N–H and O–H groups in total. The molecular formula is C13H15N. The molecule has 0 aromatic rings. The Kier molecular flexibility index (Phi) is 2.49. The van der Waals surface area contributed by atoms with E-state index in [1.54, 1.807) is 0 Å². The zero-order valence-corrected chi connectivity index (χ0v) is 8.53. The summed E-state index contributed by atoms with van der Waals surface area (Å²) in [5.74, 6) is 0.441. The summed E-state index contributed by atoms with van der Waals surface area (Å²) in [6, 6.07) is 0. The second-order valence-corrected chi connectivity index (χ2v) is 3.80. The lowest BCUT2D eigenvalue weighted by Crippen LogP contribution is -2.05. The van der Waals surface area contributed by atoms with Crippen LogP contribution in [0, 0.1) is 5.92 Å². The van der Waals surface area contributed by atoms with E-state index in [1.165, 1.54) is 16.7 Å². The Morgan fingerprint density at radius 3 is 2.93 bits per heavy atom. The van der Waals surface area contributed by atoms with Crippen molar-refractivity contribution in [1.82, 2.24) is 0 Å². The molecule has 0 bridgehead atoms. The molecule has 0 radical (unpaired) electrons. The van der Waals surface area contributed by atoms with Gasteiger partial charge in [0, 0.05) is 18.3 Å². The minimum absolute atomic E-state index is 0.441. The Morgan fingerprint density at radius 1 is 1.50 bits per heavy atom. The first-order valence-corrected chi connectivity index (χ1v) is 5.04. The predicted octanol–water partition coefficient (Wildman–Crippen LogP) is 3.42. The lowest BCUT2D eigenvalue weighted by atomic mass is 9.87. The molecule has 1 aliphatic heterocycles. The molecule has 0 amide bonds. The summed E-state index contributed by atoms with van der Waals surface area (Å²) in [6.07, 6.45) is 12.6. The third-order valence-electron chi connectivity index (χ3n) is 2.89. The molecule has 0 aromatic heterocycles. The second-order valence-electron chi connectivity index (χ2n) is 3.80. The summed E-state index contributed by atoms with van der Waals surface area (Å²) < 4.78 is 0. The van der Waals surface area contributed by atoms with E-state index in [-0.39, 0.29) is 0 Å². The van der Waals surface area contributed by atoms with Gasteiger partial charge in [-0.15, -0.1) is 0 Å². The van der Waals surface area contributed by atoms with E-state index in [0.717, 1.165) is 12.8 Å². The fourth-order valence-electron chi connectivity index (χ4n) is 2.00. The molecule has 14 heavy (non-hydrogen) atoms. The molecule has 0 saturated heterocycles. The third-order valence-corrected chi connectivity index (χ3v) is 2.89. The van der Waals surface area contributed by atoms with Gasteiger partial charge in [0.15, 0.2) is 0 Å². The van der Waals surface area contributed by atoms with E-state index < -0.39 is 0 Å². The van der Waals surface area contributed by atoms with Crippen LogP contribution in [0.5, 0.6) is 0 Å². The fraction of sp³-hybridized carbons (Fsp3) is 0.308. The largest absolute Gasteiger partial charge is 0.268 e. The van der Waals surface area contributed by atoms with Crippen LogP contribution in [-0.4, -0.2) is 6.21 Å². The average Bonchev–Trinajstić information content (AvgIpc) is 2.70. The first kappa shape index (κ1) is 9.20. The number of nitrogens with zero attached hydrogens (tertiary/aromatic N) is 1. The number of hydrogen-bond acceptors (Lipinski definition) is 1. The van der Waals surface area contributed by atoms with Gasteiger partial charge in [-0.05, 0) is 30.9 Å². The average molecular weight is 185 g/mol. The number of rotatable bonds is 2. The normalized spacial score (nSPS) is 25.5. The Morgan fingerprint density at radius 2 is 2.36 bits per heavy atom. The maximum atomic E-state index is 4.12. The predicted molar refractivity (Wildman–Crippen MR) is 61.3 cm³/mol. The van der Waals surface area contributed by atoms with E-state index in [9.17, 15) is 0 Å². The van der Waals surface area contributed by atoms with E-state index >= 15 is 0 Å². The topological polar surface area (TPSA) is 12.4 Å². The Balaban J connectivity index is 2.23. The minimum Gasteiger partial charge on any atom is -0.268 e. The van der Waals surface area contributed by atoms with Gasteiger partial charge in [-0.2, -0.15) is 0 Å². The standard InChI is InChI=1S/C13H15N/c1-3-11-4-5-12(8-10(11)2)13-6-7-14-9-13/h3,6-9,13H,1,4-5H2,2H3. The smallest absolute Gasteiger partial charge is 0.0353 e. The SMILES string of the molecule is C=CC1=C(C)C=C(C2C=CN=C2)CC1. The summed E-state index contributed by atoms with van der Waals surface area (Å²) >= 11 is 0. The Bertz CT molecular complexity index is 355. The van der Waals surface area contributed by atoms with Crippen molar-refractivity contribution in [2.24, 2.45) is 10.9 Å². The summed E-state index contributed by atoms with van der Waals surface area (Å²) in [5.41, 5.74) is 4.22. The molecule has 2 aliphatic rings. The molecule has 0 saturated carbocycles. The summed E-state index contributed by atoms with van der Waals surface area (Å²) in [7, 11) is 0. The summed E-state index contributed by atoms with van der Waals surface area (Å²) in [4.78, 5) is 4.12. The molecule has 1 heteroatoms. The van der Waals surface area contributed by atoms with Crippen LogP contribution in [0.25, 0.3) is 0 Å². The first-order chi connectivity index (χ1) is 6.81. The van der Waals surface area contributed by atoms with E-state index in [2.05, 4.69) is 30.6 Å². The van der Waals surface area contributed by atoms with Crippen LogP contribution in [0.3, 0.4) is 0 Å². The highest BCUT2D eigenvalue weighted by molar-refractivity contribution is 5.71. The van der Waals surface area contributed by atoms with Crippen molar-refractivity contribution in [3.05, 3.63) is 47.7 Å². The highest BCUT2D eigenvalue weighted by atomic mass is 14.7. The molecule has 1 nitrogen and oxygen atoms in total. The monoisotopic (exact) mass is 185 g/mol. The molecule has 72 valence electrons. The van der Waals surface area contributed by atoms with Crippen molar-refractivity contribution >= 4 is 6.21 Å². The Hall–Kier alpha value is -1.37. The van der Waals surface area contributed by atoms with Gasteiger partial charge in [0.2, 0.25) is 0 Å². The maximum absolute atomic E-state index is 4.12. The van der Waals surface area contributed by atoms with Crippen molar-refractivity contribution < 1.29 is 0 Å². The molecule has 0 fully saturated rings. The van der Waals surface area contributed by atoms with Gasteiger partial charge in [-0.3, -0.25) is 4.99 Å². The van der Waals surface area contributed by atoms with Crippen molar-refractivity contribution in [2.75, 3.05) is 0 Å². The van der Waals surface area contributed by atoms with Gasteiger partial charge >= 0.3 is 0 Å². The van der Waals surface area contributed by atoms with Crippen LogP contribution in [0.4, 0.5) is 0 Å². The third kappa shape index (κ3) is 1.63. The van der Waals surface area contributed by atoms with Crippen LogP contribution < -0.4 is 0 Å². The summed E-state index contributed by atoms with van der Waals surface area (Å²) in [5, 5.41) is 0. The number of allylic oxidation sites excluding steroid dienone is 6. The van der Waals surface area contributed by atoms with Gasteiger partial charge in [0.05, 0.1) is 0 Å². The second kappa shape index (κ2) is 3.79. The zero-order valence-electron chi connectivity index (χ0n) is 8.53. The Labute approximate surface area is 85.2 Å². The van der Waals surface area contributed by atoms with Crippen molar-refractivity contribution in [1.29, 1.82) is 0 Å². The van der Waals surface area contributed by atoms with Gasteiger partial charge in [-0.1, -0.05) is 30.4 Å². The molecule has 1 unspecified atom stereocenters. The van der Waals surface area contributed by atoms with Crippen molar-refractivity contribution in [3.63, 3.8) is 0 Å². The lowest BCUT2D eigenvalue weighted by Gasteiger charge is -2.18. The number of aliphatic imine (C=N–C) groups is 1. The lowest BCUT2D eigenvalue weighted by molar-refractivity contribution is 0.842. The van der Waals surface area contributed by atoms with Crippen LogP contribution in [0.1, 0.15) is 19.8 Å². The van der Waals surface area contributed by atoms with Gasteiger partial charge in [0.25, 0.3) is 0 Å². The fourth-order valence-corrected chi connectivity index (χ4v) is 2.00. The van der Waals surface area contributed by atoms with Crippen LogP contribution in [0.2, 0.25) is 0 Å². The zero-order chi connectivity index (χ0) is 9.97.